The highest BCUT2D eigenvalue weighted by atomic mass is 32.2. The third-order valence-corrected chi connectivity index (χ3v) is 4.94. The number of rotatable bonds is 4. The van der Waals surface area contributed by atoms with Crippen LogP contribution < -0.4 is 5.32 Å². The summed E-state index contributed by atoms with van der Waals surface area (Å²) in [6, 6.07) is 4.19. The second-order valence-corrected chi connectivity index (χ2v) is 7.88. The summed E-state index contributed by atoms with van der Waals surface area (Å²) in [4.78, 5) is 9.47. The van der Waals surface area contributed by atoms with E-state index < -0.39 is 0 Å². The molecule has 20 heavy (non-hydrogen) atoms. The van der Waals surface area contributed by atoms with Gasteiger partial charge in [0, 0.05) is 17.5 Å². The van der Waals surface area contributed by atoms with Gasteiger partial charge in [-0.3, -0.25) is 0 Å². The van der Waals surface area contributed by atoms with Crippen LogP contribution in [0, 0.1) is 6.92 Å². The molecule has 0 aromatic carbocycles. The first-order valence-electron chi connectivity index (χ1n) is 6.76. The fourth-order valence-corrected chi connectivity index (χ4v) is 3.45. The van der Waals surface area contributed by atoms with E-state index in [1.807, 2.05) is 0 Å². The average molecular weight is 307 g/mol. The van der Waals surface area contributed by atoms with Crippen LogP contribution in [0.1, 0.15) is 39.1 Å². The first-order valence-corrected chi connectivity index (χ1v) is 8.45. The summed E-state index contributed by atoms with van der Waals surface area (Å²) in [7, 11) is 0. The van der Waals surface area contributed by atoms with Crippen molar-refractivity contribution in [2.45, 2.75) is 49.3 Å². The number of hydrogen-bond donors (Lipinski definition) is 1. The summed E-state index contributed by atoms with van der Waals surface area (Å²) in [6.45, 7) is 11.5. The highest BCUT2D eigenvalue weighted by Crippen LogP contribution is 2.35. The maximum atomic E-state index is 4.78. The van der Waals surface area contributed by atoms with Gasteiger partial charge in [0.25, 0.3) is 0 Å². The summed E-state index contributed by atoms with van der Waals surface area (Å²) >= 11 is 3.46. The van der Waals surface area contributed by atoms with Gasteiger partial charge in [0.15, 0.2) is 0 Å². The van der Waals surface area contributed by atoms with Crippen molar-refractivity contribution in [3.05, 3.63) is 28.9 Å². The third-order valence-electron chi connectivity index (χ3n) is 2.81. The summed E-state index contributed by atoms with van der Waals surface area (Å²) in [6.07, 6.45) is 0. The molecule has 1 N–H and O–H groups in total. The monoisotopic (exact) mass is 307 g/mol. The van der Waals surface area contributed by atoms with Crippen LogP contribution in [0.2, 0.25) is 0 Å². The minimum Gasteiger partial charge on any atom is -0.370 e. The van der Waals surface area contributed by atoms with Gasteiger partial charge < -0.3 is 5.32 Å². The summed E-state index contributed by atoms with van der Waals surface area (Å²) in [5.74, 6) is 1.84. The lowest BCUT2D eigenvalue weighted by Crippen LogP contribution is -2.18. The largest absolute Gasteiger partial charge is 0.370 e. The van der Waals surface area contributed by atoms with Gasteiger partial charge >= 0.3 is 0 Å². The van der Waals surface area contributed by atoms with Crippen molar-refractivity contribution in [2.75, 3.05) is 11.9 Å². The normalized spacial score (nSPS) is 11.7. The molecule has 3 nitrogen and oxygen atoms in total. The predicted molar refractivity (Wildman–Crippen MR) is 88.1 cm³/mol. The Morgan fingerprint density at radius 2 is 2.05 bits per heavy atom. The van der Waals surface area contributed by atoms with Crippen LogP contribution in [-0.2, 0) is 5.41 Å². The molecule has 0 spiro atoms. The molecule has 0 fully saturated rings. The fraction of sp³-hybridized carbons (Fsp3) is 0.467. The van der Waals surface area contributed by atoms with Gasteiger partial charge in [-0.2, -0.15) is 0 Å². The second-order valence-electron chi connectivity index (χ2n) is 5.64. The van der Waals surface area contributed by atoms with E-state index in [1.54, 1.807) is 23.1 Å². The molecule has 108 valence electrons. The van der Waals surface area contributed by atoms with Crippen LogP contribution >= 0.6 is 23.1 Å². The molecule has 2 heterocycles. The highest BCUT2D eigenvalue weighted by Gasteiger charge is 2.21. The van der Waals surface area contributed by atoms with Crippen molar-refractivity contribution in [3.63, 3.8) is 0 Å². The Labute approximate surface area is 129 Å². The Kier molecular flexibility index (Phi) is 4.70. The maximum absolute atomic E-state index is 4.78. The van der Waals surface area contributed by atoms with Crippen LogP contribution in [0.5, 0.6) is 0 Å². The predicted octanol–water partition coefficient (Wildman–Crippen LogP) is 4.73. The molecule has 0 saturated carbocycles. The van der Waals surface area contributed by atoms with Crippen LogP contribution in [0.3, 0.4) is 0 Å². The minimum absolute atomic E-state index is 0.0529. The first-order chi connectivity index (χ1) is 9.41. The average Bonchev–Trinajstić information content (AvgIpc) is 2.86. The molecule has 0 saturated heterocycles. The molecule has 0 aliphatic rings. The van der Waals surface area contributed by atoms with Crippen molar-refractivity contribution < 1.29 is 0 Å². The Bertz CT molecular complexity index is 572. The minimum atomic E-state index is -0.0529. The van der Waals surface area contributed by atoms with Gasteiger partial charge in [-0.1, -0.05) is 38.6 Å². The molecule has 5 heteroatoms. The third kappa shape index (κ3) is 3.52. The molecule has 2 rings (SSSR count). The molecule has 0 unspecified atom stereocenters. The Morgan fingerprint density at radius 1 is 1.30 bits per heavy atom. The zero-order chi connectivity index (χ0) is 14.8. The van der Waals surface area contributed by atoms with Crippen molar-refractivity contribution >= 4 is 28.9 Å². The van der Waals surface area contributed by atoms with Crippen LogP contribution in [-0.4, -0.2) is 16.5 Å². The quantitative estimate of drug-likeness (QED) is 0.829. The van der Waals surface area contributed by atoms with Gasteiger partial charge in [-0.15, -0.1) is 11.3 Å². The zero-order valence-corrected chi connectivity index (χ0v) is 14.3. The van der Waals surface area contributed by atoms with Gasteiger partial charge in [0.05, 0.1) is 4.21 Å². The van der Waals surface area contributed by atoms with Crippen LogP contribution in [0.25, 0.3) is 0 Å². The van der Waals surface area contributed by atoms with E-state index in [2.05, 4.69) is 57.4 Å². The molecule has 2 aromatic heterocycles. The Hall–Kier alpha value is -1.07. The SMILES string of the molecule is CCNc1nc(C(C)(C)C)nc(Sc2cccs2)c1C. The Morgan fingerprint density at radius 3 is 2.60 bits per heavy atom. The molecule has 0 amide bonds. The van der Waals surface area contributed by atoms with E-state index >= 15 is 0 Å². The van der Waals surface area contributed by atoms with Gasteiger partial charge in [-0.25, -0.2) is 9.97 Å². The van der Waals surface area contributed by atoms with E-state index in [0.29, 0.717) is 0 Å². The molecule has 0 atom stereocenters. The summed E-state index contributed by atoms with van der Waals surface area (Å²) in [5, 5.41) is 6.48. The van der Waals surface area contributed by atoms with Gasteiger partial charge in [-0.05, 0) is 25.3 Å². The van der Waals surface area contributed by atoms with Crippen molar-refractivity contribution in [1.29, 1.82) is 0 Å². The van der Waals surface area contributed by atoms with Crippen LogP contribution in [0.15, 0.2) is 26.7 Å². The topological polar surface area (TPSA) is 37.8 Å². The van der Waals surface area contributed by atoms with E-state index in [9.17, 15) is 0 Å². The number of anilines is 1. The number of thiophene rings is 1. The number of hydrogen-bond acceptors (Lipinski definition) is 5. The number of nitrogens with zero attached hydrogens (tertiary/aromatic N) is 2. The molecule has 0 bridgehead atoms. The molecular weight excluding hydrogens is 286 g/mol. The first kappa shape index (κ1) is 15.3. The van der Waals surface area contributed by atoms with Crippen molar-refractivity contribution in [2.24, 2.45) is 0 Å². The smallest absolute Gasteiger partial charge is 0.137 e. The zero-order valence-electron chi connectivity index (χ0n) is 12.7. The van der Waals surface area contributed by atoms with Gasteiger partial charge in [0.2, 0.25) is 0 Å². The lowest BCUT2D eigenvalue weighted by molar-refractivity contribution is 0.538. The molecular formula is C15H21N3S2. The fourth-order valence-electron chi connectivity index (χ4n) is 1.69. The molecule has 2 aromatic rings. The maximum Gasteiger partial charge on any atom is 0.137 e. The number of nitrogens with one attached hydrogen (secondary N) is 1. The summed E-state index contributed by atoms with van der Waals surface area (Å²) in [5.41, 5.74) is 1.07. The van der Waals surface area contributed by atoms with E-state index in [1.165, 1.54) is 4.21 Å². The molecule has 0 aliphatic carbocycles. The molecule has 0 radical (unpaired) electrons. The van der Waals surface area contributed by atoms with Crippen molar-refractivity contribution in [1.82, 2.24) is 9.97 Å². The standard InChI is InChI=1S/C15H21N3S2/c1-6-16-12-10(2)13(20-11-8-7-9-19-11)18-14(17-12)15(3,4)5/h7-9H,6H2,1-5H3,(H,16,17,18). The molecule has 0 aliphatic heterocycles. The van der Waals surface area contributed by atoms with E-state index in [0.717, 1.165) is 28.8 Å². The summed E-state index contributed by atoms with van der Waals surface area (Å²) < 4.78 is 1.26. The second kappa shape index (κ2) is 6.14. The highest BCUT2D eigenvalue weighted by molar-refractivity contribution is 8.01. The lowest BCUT2D eigenvalue weighted by Gasteiger charge is -2.20. The van der Waals surface area contributed by atoms with E-state index in [4.69, 9.17) is 9.97 Å². The van der Waals surface area contributed by atoms with E-state index in [-0.39, 0.29) is 5.41 Å². The lowest BCUT2D eigenvalue weighted by atomic mass is 9.95. The van der Waals surface area contributed by atoms with Gasteiger partial charge in [0.1, 0.15) is 16.7 Å². The number of aromatic nitrogens is 2. The Balaban J connectivity index is 2.45. The van der Waals surface area contributed by atoms with Crippen LogP contribution in [0.4, 0.5) is 5.82 Å². The van der Waals surface area contributed by atoms with Crippen molar-refractivity contribution in [3.8, 4) is 0 Å².